The van der Waals surface area contributed by atoms with Crippen molar-refractivity contribution in [1.29, 1.82) is 0 Å². The molecule has 12 nitrogen and oxygen atoms in total. The van der Waals surface area contributed by atoms with Gasteiger partial charge in [-0.3, -0.25) is 19.2 Å². The number of nitrogens with one attached hydrogen (secondary N) is 3. The molecule has 0 aromatic rings. The third-order valence-corrected chi connectivity index (χ3v) is 4.80. The number of aliphatic hydroxyl groups is 1. The van der Waals surface area contributed by atoms with Crippen molar-refractivity contribution in [1.82, 2.24) is 16.0 Å². The second-order valence-electron chi connectivity index (χ2n) is 6.88. The Bertz CT molecular complexity index is 645. The number of aliphatic carboxylic acids is 2. The summed E-state index contributed by atoms with van der Waals surface area (Å²) in [6.45, 7) is 4.79. The number of carboxylic acids is 2. The first-order chi connectivity index (χ1) is 13.8. The maximum Gasteiger partial charge on any atom is 0.326 e. The molecule has 6 unspecified atom stereocenters. The van der Waals surface area contributed by atoms with Gasteiger partial charge in [-0.25, -0.2) is 4.79 Å². The minimum Gasteiger partial charge on any atom is -0.481 e. The number of hydrogen-bond acceptors (Lipinski definition) is 8. The number of carbonyl (C=O) groups is 5. The maximum atomic E-state index is 12.5. The fraction of sp³-hybridized carbons (Fsp3) is 0.706. The van der Waals surface area contributed by atoms with Gasteiger partial charge in [0.1, 0.15) is 18.1 Å². The van der Waals surface area contributed by atoms with Gasteiger partial charge in [-0.1, -0.05) is 20.3 Å². The van der Waals surface area contributed by atoms with Crippen LogP contribution in [0.4, 0.5) is 0 Å². The Hall–Kier alpha value is -2.38. The first-order valence-corrected chi connectivity index (χ1v) is 9.89. The summed E-state index contributed by atoms with van der Waals surface area (Å²) in [5.74, 6) is -5.91. The lowest BCUT2D eigenvalue weighted by molar-refractivity contribution is -0.147. The monoisotopic (exact) mass is 450 g/mol. The fourth-order valence-corrected chi connectivity index (χ4v) is 2.53. The number of carboxylic acid groups (broad SMARTS) is 2. The van der Waals surface area contributed by atoms with Crippen molar-refractivity contribution in [2.45, 2.75) is 63.9 Å². The summed E-state index contributed by atoms with van der Waals surface area (Å²) < 4.78 is 0. The first kappa shape index (κ1) is 27.6. The van der Waals surface area contributed by atoms with E-state index in [4.69, 9.17) is 15.9 Å². The SMILES string of the molecule is CCC(C)C(N)C(=O)NC(CS)C(=O)NC(C(=O)NC(CC(=O)O)C(=O)O)C(C)O. The molecule has 0 saturated carbocycles. The second-order valence-corrected chi connectivity index (χ2v) is 7.24. The van der Waals surface area contributed by atoms with Gasteiger partial charge in [0.2, 0.25) is 17.7 Å². The van der Waals surface area contributed by atoms with E-state index < -0.39 is 66.4 Å². The topological polar surface area (TPSA) is 208 Å². The Morgan fingerprint density at radius 3 is 1.87 bits per heavy atom. The third kappa shape index (κ3) is 8.97. The Kier molecular flexibility index (Phi) is 12.0. The van der Waals surface area contributed by atoms with Gasteiger partial charge < -0.3 is 37.0 Å². The lowest BCUT2D eigenvalue weighted by Gasteiger charge is -2.26. The molecule has 6 atom stereocenters. The normalized spacial score (nSPS) is 16.9. The summed E-state index contributed by atoms with van der Waals surface area (Å²) >= 11 is 4.00. The Labute approximate surface area is 179 Å². The number of thiol groups is 1. The van der Waals surface area contributed by atoms with Crippen molar-refractivity contribution in [2.75, 3.05) is 5.75 Å². The average molecular weight is 451 g/mol. The minimum absolute atomic E-state index is 0.143. The largest absolute Gasteiger partial charge is 0.481 e. The number of aliphatic hydroxyl groups excluding tert-OH is 1. The molecular weight excluding hydrogens is 420 g/mol. The van der Waals surface area contributed by atoms with Crippen molar-refractivity contribution in [2.24, 2.45) is 11.7 Å². The molecule has 0 fully saturated rings. The van der Waals surface area contributed by atoms with E-state index >= 15 is 0 Å². The van der Waals surface area contributed by atoms with Crippen molar-refractivity contribution in [3.05, 3.63) is 0 Å². The summed E-state index contributed by atoms with van der Waals surface area (Å²) in [6, 6.07) is -5.41. The standard InChI is InChI=1S/C17H30N4O8S/c1-4-7(2)12(18)15(26)20-10(6-30)14(25)21-13(8(3)22)16(27)19-9(17(28)29)5-11(23)24/h7-10,12-13,22,30H,4-6,18H2,1-3H3,(H,19,27)(H,20,26)(H,21,25)(H,23,24)(H,28,29). The van der Waals surface area contributed by atoms with Gasteiger partial charge in [-0.2, -0.15) is 12.6 Å². The van der Waals surface area contributed by atoms with Crippen LogP contribution in [0, 0.1) is 5.92 Å². The van der Waals surface area contributed by atoms with Gasteiger partial charge in [-0.05, 0) is 12.8 Å². The van der Waals surface area contributed by atoms with Gasteiger partial charge >= 0.3 is 11.9 Å². The molecule has 0 bridgehead atoms. The molecule has 0 rings (SSSR count). The van der Waals surface area contributed by atoms with Crippen molar-refractivity contribution in [3.8, 4) is 0 Å². The van der Waals surface area contributed by atoms with E-state index in [-0.39, 0.29) is 11.7 Å². The van der Waals surface area contributed by atoms with Gasteiger partial charge in [0.25, 0.3) is 0 Å². The van der Waals surface area contributed by atoms with Crippen LogP contribution in [0.3, 0.4) is 0 Å². The Morgan fingerprint density at radius 2 is 1.47 bits per heavy atom. The lowest BCUT2D eigenvalue weighted by atomic mass is 9.99. The summed E-state index contributed by atoms with van der Waals surface area (Å²) in [7, 11) is 0. The van der Waals surface area contributed by atoms with Crippen LogP contribution in [-0.4, -0.2) is 81.0 Å². The number of nitrogens with two attached hydrogens (primary N) is 1. The van der Waals surface area contributed by atoms with E-state index in [0.29, 0.717) is 6.42 Å². The number of amides is 3. The molecule has 0 aromatic heterocycles. The zero-order valence-electron chi connectivity index (χ0n) is 17.0. The molecule has 0 radical (unpaired) electrons. The van der Waals surface area contributed by atoms with Gasteiger partial charge in [0.15, 0.2) is 0 Å². The van der Waals surface area contributed by atoms with Crippen LogP contribution in [0.1, 0.15) is 33.6 Å². The highest BCUT2D eigenvalue weighted by Gasteiger charge is 2.33. The smallest absolute Gasteiger partial charge is 0.326 e. The molecule has 0 aliphatic rings. The highest BCUT2D eigenvalue weighted by molar-refractivity contribution is 7.80. The van der Waals surface area contributed by atoms with Crippen LogP contribution in [-0.2, 0) is 24.0 Å². The summed E-state index contributed by atoms with van der Waals surface area (Å²) in [5.41, 5.74) is 5.82. The van der Waals surface area contributed by atoms with Crippen LogP contribution in [0.2, 0.25) is 0 Å². The van der Waals surface area contributed by atoms with E-state index in [2.05, 4.69) is 23.3 Å². The molecule has 0 aliphatic heterocycles. The average Bonchev–Trinajstić information content (AvgIpc) is 2.66. The van der Waals surface area contributed by atoms with Gasteiger partial charge in [0, 0.05) is 5.75 Å². The summed E-state index contributed by atoms with van der Waals surface area (Å²) in [6.07, 6.45) is -1.71. The highest BCUT2D eigenvalue weighted by atomic mass is 32.1. The predicted octanol–water partition coefficient (Wildman–Crippen LogP) is -2.32. The summed E-state index contributed by atoms with van der Waals surface area (Å²) in [4.78, 5) is 58.8. The van der Waals surface area contributed by atoms with Crippen molar-refractivity contribution < 1.29 is 39.3 Å². The highest BCUT2D eigenvalue weighted by Crippen LogP contribution is 2.06. The zero-order chi connectivity index (χ0) is 23.6. The molecule has 8 N–H and O–H groups in total. The van der Waals surface area contributed by atoms with Crippen LogP contribution in [0.25, 0.3) is 0 Å². The minimum atomic E-state index is -1.76. The van der Waals surface area contributed by atoms with E-state index in [0.717, 1.165) is 0 Å². The molecule has 0 spiro atoms. The quantitative estimate of drug-likeness (QED) is 0.141. The molecular formula is C17H30N4O8S. The Morgan fingerprint density at radius 1 is 0.933 bits per heavy atom. The molecule has 172 valence electrons. The van der Waals surface area contributed by atoms with Crippen LogP contribution < -0.4 is 21.7 Å². The number of hydrogen-bond donors (Lipinski definition) is 8. The second kappa shape index (κ2) is 13.0. The van der Waals surface area contributed by atoms with E-state index in [1.807, 2.05) is 12.2 Å². The van der Waals surface area contributed by atoms with Crippen LogP contribution in [0.5, 0.6) is 0 Å². The van der Waals surface area contributed by atoms with E-state index in [1.54, 1.807) is 6.92 Å². The third-order valence-electron chi connectivity index (χ3n) is 4.43. The molecule has 0 saturated heterocycles. The van der Waals surface area contributed by atoms with Crippen molar-refractivity contribution >= 4 is 42.3 Å². The predicted molar refractivity (Wildman–Crippen MR) is 109 cm³/mol. The lowest BCUT2D eigenvalue weighted by Crippen LogP contribution is -2.60. The molecule has 13 heteroatoms. The molecule has 30 heavy (non-hydrogen) atoms. The molecule has 0 heterocycles. The zero-order valence-corrected chi connectivity index (χ0v) is 17.9. The Balaban J connectivity index is 5.23. The molecule has 3 amide bonds. The first-order valence-electron chi connectivity index (χ1n) is 9.25. The number of rotatable bonds is 13. The van der Waals surface area contributed by atoms with E-state index in [1.165, 1.54) is 6.92 Å². The number of carbonyl (C=O) groups excluding carboxylic acids is 3. The summed E-state index contributed by atoms with van der Waals surface area (Å²) in [5, 5.41) is 34.2. The van der Waals surface area contributed by atoms with Crippen LogP contribution >= 0.6 is 12.6 Å². The molecule has 0 aromatic carbocycles. The van der Waals surface area contributed by atoms with Gasteiger partial charge in [-0.15, -0.1) is 0 Å². The van der Waals surface area contributed by atoms with Crippen LogP contribution in [0.15, 0.2) is 0 Å². The molecule has 0 aliphatic carbocycles. The van der Waals surface area contributed by atoms with Crippen molar-refractivity contribution in [3.63, 3.8) is 0 Å². The van der Waals surface area contributed by atoms with E-state index in [9.17, 15) is 29.1 Å². The maximum absolute atomic E-state index is 12.5. The van der Waals surface area contributed by atoms with Gasteiger partial charge in [0.05, 0.1) is 18.6 Å². The fourth-order valence-electron chi connectivity index (χ4n) is 2.27.